The number of carbonyl (C=O) groups is 2. The molecule has 2 aromatic rings. The SMILES string of the molecule is CCN(CC(C)C)c1ccc(C2CC2C(=O)O)cc1NC(=O)Nc1ccc(C)cc1. The Morgan fingerprint density at radius 1 is 1.13 bits per heavy atom. The molecule has 2 unspecified atom stereocenters. The van der Waals surface area contributed by atoms with Crippen molar-refractivity contribution < 1.29 is 14.7 Å². The Balaban J connectivity index is 1.84. The van der Waals surface area contributed by atoms with Crippen molar-refractivity contribution in [3.63, 3.8) is 0 Å². The van der Waals surface area contributed by atoms with E-state index in [1.54, 1.807) is 0 Å². The fourth-order valence-corrected chi connectivity index (χ4v) is 3.76. The number of carboxylic acids is 1. The normalized spacial score (nSPS) is 17.5. The Morgan fingerprint density at radius 3 is 2.40 bits per heavy atom. The topological polar surface area (TPSA) is 81.7 Å². The van der Waals surface area contributed by atoms with E-state index in [2.05, 4.69) is 36.3 Å². The number of aliphatic carboxylic acids is 1. The molecule has 160 valence electrons. The molecule has 0 bridgehead atoms. The van der Waals surface area contributed by atoms with Gasteiger partial charge in [-0.15, -0.1) is 0 Å². The number of nitrogens with zero attached hydrogens (tertiary/aromatic N) is 1. The quantitative estimate of drug-likeness (QED) is 0.552. The molecule has 1 saturated carbocycles. The summed E-state index contributed by atoms with van der Waals surface area (Å²) in [5.41, 5.74) is 4.45. The first kappa shape index (κ1) is 21.7. The summed E-state index contributed by atoms with van der Waals surface area (Å²) in [6.07, 6.45) is 0.646. The number of hydrogen-bond acceptors (Lipinski definition) is 3. The molecule has 1 aliphatic carbocycles. The van der Waals surface area contributed by atoms with E-state index in [-0.39, 0.29) is 17.9 Å². The summed E-state index contributed by atoms with van der Waals surface area (Å²) < 4.78 is 0. The standard InChI is InChI=1S/C24H31N3O3/c1-5-27(14-15(2)3)22-11-8-17(19-13-20(19)23(28)29)12-21(22)26-24(30)25-18-9-6-16(4)7-10-18/h6-12,15,19-20H,5,13-14H2,1-4H3,(H,28,29)(H2,25,26,30). The highest BCUT2D eigenvalue weighted by Crippen LogP contribution is 2.48. The number of anilines is 3. The maximum atomic E-state index is 12.7. The molecule has 0 aliphatic heterocycles. The van der Waals surface area contributed by atoms with Crippen molar-refractivity contribution in [1.82, 2.24) is 0 Å². The van der Waals surface area contributed by atoms with E-state index in [9.17, 15) is 14.7 Å². The summed E-state index contributed by atoms with van der Waals surface area (Å²) in [4.78, 5) is 26.2. The summed E-state index contributed by atoms with van der Waals surface area (Å²) >= 11 is 0. The van der Waals surface area contributed by atoms with Crippen LogP contribution in [0.5, 0.6) is 0 Å². The highest BCUT2D eigenvalue weighted by atomic mass is 16.4. The summed E-state index contributed by atoms with van der Waals surface area (Å²) in [5.74, 6) is -0.607. The zero-order valence-electron chi connectivity index (χ0n) is 18.1. The van der Waals surface area contributed by atoms with Gasteiger partial charge in [0.15, 0.2) is 0 Å². The van der Waals surface area contributed by atoms with Gasteiger partial charge in [-0.25, -0.2) is 4.79 Å². The van der Waals surface area contributed by atoms with E-state index in [1.165, 1.54) is 0 Å². The van der Waals surface area contributed by atoms with E-state index in [0.29, 0.717) is 18.0 Å². The molecule has 0 spiro atoms. The van der Waals surface area contributed by atoms with Crippen LogP contribution in [-0.4, -0.2) is 30.2 Å². The molecule has 2 aromatic carbocycles. The second-order valence-electron chi connectivity index (χ2n) is 8.44. The molecule has 3 N–H and O–H groups in total. The molecule has 0 saturated heterocycles. The number of aryl methyl sites for hydroxylation is 1. The molecule has 1 fully saturated rings. The largest absolute Gasteiger partial charge is 0.481 e. The molecule has 0 radical (unpaired) electrons. The Hall–Kier alpha value is -3.02. The maximum Gasteiger partial charge on any atom is 0.323 e. The molecular weight excluding hydrogens is 378 g/mol. The molecule has 2 atom stereocenters. The molecule has 0 aromatic heterocycles. The Bertz CT molecular complexity index is 908. The van der Waals surface area contributed by atoms with Crippen LogP contribution in [0.3, 0.4) is 0 Å². The minimum absolute atomic E-state index is 0.0115. The first-order valence-electron chi connectivity index (χ1n) is 10.5. The molecule has 6 heteroatoms. The van der Waals surface area contributed by atoms with Gasteiger partial charge in [0.2, 0.25) is 0 Å². The van der Waals surface area contributed by atoms with E-state index >= 15 is 0 Å². The fraction of sp³-hybridized carbons (Fsp3) is 0.417. The van der Waals surface area contributed by atoms with Crippen molar-refractivity contribution in [3.05, 3.63) is 53.6 Å². The second kappa shape index (κ2) is 9.20. The average Bonchev–Trinajstić information content (AvgIpc) is 3.49. The Kier molecular flexibility index (Phi) is 6.65. The van der Waals surface area contributed by atoms with Gasteiger partial charge in [-0.3, -0.25) is 4.79 Å². The molecular formula is C24H31N3O3. The molecule has 1 aliphatic rings. The van der Waals surface area contributed by atoms with Crippen molar-refractivity contribution in [2.45, 2.75) is 40.0 Å². The highest BCUT2D eigenvalue weighted by Gasteiger charge is 2.44. The predicted molar refractivity (Wildman–Crippen MR) is 121 cm³/mol. The molecule has 0 heterocycles. The Labute approximate surface area is 178 Å². The van der Waals surface area contributed by atoms with Gasteiger partial charge in [-0.2, -0.15) is 0 Å². The number of benzene rings is 2. The van der Waals surface area contributed by atoms with E-state index in [1.807, 2.05) is 49.4 Å². The van der Waals surface area contributed by atoms with E-state index in [0.717, 1.165) is 35.6 Å². The average molecular weight is 410 g/mol. The monoisotopic (exact) mass is 409 g/mol. The summed E-state index contributed by atoms with van der Waals surface area (Å²) in [6.45, 7) is 10.1. The lowest BCUT2D eigenvalue weighted by Crippen LogP contribution is -2.29. The third-order valence-electron chi connectivity index (χ3n) is 5.42. The van der Waals surface area contributed by atoms with Gasteiger partial charge in [0.25, 0.3) is 0 Å². The molecule has 2 amide bonds. The third-order valence-corrected chi connectivity index (χ3v) is 5.42. The minimum atomic E-state index is -0.759. The highest BCUT2D eigenvalue weighted by molar-refractivity contribution is 6.02. The minimum Gasteiger partial charge on any atom is -0.481 e. The summed E-state index contributed by atoms with van der Waals surface area (Å²) in [5, 5.41) is 15.1. The summed E-state index contributed by atoms with van der Waals surface area (Å²) in [6, 6.07) is 13.2. The van der Waals surface area contributed by atoms with Crippen LogP contribution in [0.4, 0.5) is 21.9 Å². The van der Waals surface area contributed by atoms with Crippen LogP contribution in [0, 0.1) is 18.8 Å². The number of nitrogens with one attached hydrogen (secondary N) is 2. The second-order valence-corrected chi connectivity index (χ2v) is 8.44. The third kappa shape index (κ3) is 5.32. The van der Waals surface area contributed by atoms with E-state index in [4.69, 9.17) is 0 Å². The van der Waals surface area contributed by atoms with Gasteiger partial charge in [0.05, 0.1) is 17.3 Å². The number of hydrogen-bond donors (Lipinski definition) is 3. The Morgan fingerprint density at radius 2 is 1.83 bits per heavy atom. The van der Waals surface area contributed by atoms with Crippen LogP contribution in [0.15, 0.2) is 42.5 Å². The van der Waals surface area contributed by atoms with Gasteiger partial charge < -0.3 is 20.6 Å². The number of rotatable bonds is 8. The van der Waals surface area contributed by atoms with Crippen LogP contribution < -0.4 is 15.5 Å². The van der Waals surface area contributed by atoms with Crippen molar-refractivity contribution in [2.75, 3.05) is 28.6 Å². The first-order chi connectivity index (χ1) is 14.3. The lowest BCUT2D eigenvalue weighted by molar-refractivity contribution is -0.138. The molecule has 3 rings (SSSR count). The number of urea groups is 1. The summed E-state index contributed by atoms with van der Waals surface area (Å²) in [7, 11) is 0. The fourth-order valence-electron chi connectivity index (χ4n) is 3.76. The van der Waals surface area contributed by atoms with E-state index < -0.39 is 5.97 Å². The van der Waals surface area contributed by atoms with Crippen LogP contribution in [-0.2, 0) is 4.79 Å². The van der Waals surface area contributed by atoms with Gasteiger partial charge in [-0.05, 0) is 61.9 Å². The predicted octanol–water partition coefficient (Wildman–Crippen LogP) is 5.31. The lowest BCUT2D eigenvalue weighted by atomic mass is 10.1. The van der Waals surface area contributed by atoms with Gasteiger partial charge in [0.1, 0.15) is 0 Å². The van der Waals surface area contributed by atoms with Crippen LogP contribution in [0.2, 0.25) is 0 Å². The van der Waals surface area contributed by atoms with Crippen LogP contribution >= 0.6 is 0 Å². The van der Waals surface area contributed by atoms with Crippen molar-refractivity contribution in [3.8, 4) is 0 Å². The van der Waals surface area contributed by atoms with Crippen LogP contribution in [0.25, 0.3) is 0 Å². The van der Waals surface area contributed by atoms with Crippen LogP contribution in [0.1, 0.15) is 44.2 Å². The zero-order chi connectivity index (χ0) is 21.8. The molecule has 30 heavy (non-hydrogen) atoms. The van der Waals surface area contributed by atoms with Gasteiger partial charge in [-0.1, -0.05) is 37.6 Å². The zero-order valence-corrected chi connectivity index (χ0v) is 18.1. The molecule has 6 nitrogen and oxygen atoms in total. The van der Waals surface area contributed by atoms with Gasteiger partial charge >= 0.3 is 12.0 Å². The number of carboxylic acid groups (broad SMARTS) is 1. The maximum absolute atomic E-state index is 12.7. The van der Waals surface area contributed by atoms with Crippen molar-refractivity contribution in [1.29, 1.82) is 0 Å². The first-order valence-corrected chi connectivity index (χ1v) is 10.5. The number of amides is 2. The lowest BCUT2D eigenvalue weighted by Gasteiger charge is -2.28. The number of carbonyl (C=O) groups excluding carboxylic acids is 1. The van der Waals surface area contributed by atoms with Gasteiger partial charge in [0, 0.05) is 18.8 Å². The smallest absolute Gasteiger partial charge is 0.323 e. The van der Waals surface area contributed by atoms with Crippen molar-refractivity contribution in [2.24, 2.45) is 11.8 Å². The van der Waals surface area contributed by atoms with Crippen molar-refractivity contribution >= 4 is 29.1 Å².